The van der Waals surface area contributed by atoms with Gasteiger partial charge in [-0.1, -0.05) is 25.1 Å². The number of rotatable bonds is 6. The number of para-hydroxylation sites is 1. The molecule has 0 aliphatic carbocycles. The van der Waals surface area contributed by atoms with Crippen LogP contribution in [0, 0.1) is 0 Å². The van der Waals surface area contributed by atoms with E-state index < -0.39 is 0 Å². The average molecular weight is 249 g/mol. The van der Waals surface area contributed by atoms with Gasteiger partial charge in [0.05, 0.1) is 6.61 Å². The van der Waals surface area contributed by atoms with Crippen LogP contribution in [0.25, 0.3) is 0 Å². The van der Waals surface area contributed by atoms with Crippen molar-refractivity contribution in [1.29, 1.82) is 0 Å². The molecule has 2 rings (SSSR count). The molecule has 0 fully saturated rings. The Morgan fingerprint density at radius 3 is 3.11 bits per heavy atom. The Morgan fingerprint density at radius 2 is 2.28 bits per heavy atom. The second kappa shape index (κ2) is 6.76. The van der Waals surface area contributed by atoms with Gasteiger partial charge in [-0.25, -0.2) is 0 Å². The molecule has 18 heavy (non-hydrogen) atoms. The number of ether oxygens (including phenoxy) is 2. The van der Waals surface area contributed by atoms with E-state index in [-0.39, 0.29) is 6.04 Å². The van der Waals surface area contributed by atoms with Crippen LogP contribution in [0.3, 0.4) is 0 Å². The van der Waals surface area contributed by atoms with E-state index in [4.69, 9.17) is 15.2 Å². The highest BCUT2D eigenvalue weighted by Crippen LogP contribution is 2.33. The van der Waals surface area contributed by atoms with E-state index >= 15 is 0 Å². The molecule has 1 aliphatic heterocycles. The second-order valence-corrected chi connectivity index (χ2v) is 4.80. The molecule has 0 bridgehead atoms. The molecule has 1 aromatic rings. The Bertz CT molecular complexity index is 379. The third kappa shape index (κ3) is 3.24. The van der Waals surface area contributed by atoms with E-state index in [1.54, 1.807) is 0 Å². The van der Waals surface area contributed by atoms with Crippen LogP contribution in [0.1, 0.15) is 43.4 Å². The van der Waals surface area contributed by atoms with Crippen LogP contribution >= 0.6 is 0 Å². The molecular weight excluding hydrogens is 226 g/mol. The molecule has 0 radical (unpaired) electrons. The maximum Gasteiger partial charge on any atom is 0.127 e. The van der Waals surface area contributed by atoms with E-state index in [1.807, 2.05) is 0 Å². The summed E-state index contributed by atoms with van der Waals surface area (Å²) in [6.45, 7) is 4.46. The first-order valence-electron chi connectivity index (χ1n) is 6.91. The van der Waals surface area contributed by atoms with Crippen molar-refractivity contribution < 1.29 is 9.47 Å². The molecule has 2 N–H and O–H groups in total. The Hall–Kier alpha value is -1.06. The fourth-order valence-corrected chi connectivity index (χ4v) is 2.32. The van der Waals surface area contributed by atoms with Crippen LogP contribution in [-0.2, 0) is 11.2 Å². The molecule has 0 spiro atoms. The first-order chi connectivity index (χ1) is 8.83. The smallest absolute Gasteiger partial charge is 0.127 e. The normalized spacial score (nSPS) is 15.9. The van der Waals surface area contributed by atoms with Crippen molar-refractivity contribution in [3.63, 3.8) is 0 Å². The molecule has 1 atom stereocenters. The van der Waals surface area contributed by atoms with Crippen molar-refractivity contribution in [1.82, 2.24) is 0 Å². The van der Waals surface area contributed by atoms with Crippen LogP contribution in [-0.4, -0.2) is 19.8 Å². The lowest BCUT2D eigenvalue weighted by Gasteiger charge is -2.23. The molecule has 3 heteroatoms. The van der Waals surface area contributed by atoms with Gasteiger partial charge in [0.25, 0.3) is 0 Å². The van der Waals surface area contributed by atoms with E-state index in [0.29, 0.717) is 0 Å². The van der Waals surface area contributed by atoms with Gasteiger partial charge in [-0.3, -0.25) is 0 Å². The molecule has 100 valence electrons. The first-order valence-corrected chi connectivity index (χ1v) is 6.91. The zero-order valence-corrected chi connectivity index (χ0v) is 11.2. The van der Waals surface area contributed by atoms with Gasteiger partial charge in [0.15, 0.2) is 0 Å². The third-order valence-electron chi connectivity index (χ3n) is 3.29. The quantitative estimate of drug-likeness (QED) is 0.788. The Labute approximate surface area is 109 Å². The van der Waals surface area contributed by atoms with Crippen LogP contribution < -0.4 is 10.5 Å². The van der Waals surface area contributed by atoms with Gasteiger partial charge in [0, 0.05) is 24.8 Å². The van der Waals surface area contributed by atoms with Gasteiger partial charge in [-0.2, -0.15) is 0 Å². The SMILES string of the molecule is CCCOCCC(N)c1cccc2c1OCCC2. The van der Waals surface area contributed by atoms with E-state index in [9.17, 15) is 0 Å². The van der Waals surface area contributed by atoms with Gasteiger partial charge in [0.2, 0.25) is 0 Å². The molecule has 3 nitrogen and oxygen atoms in total. The monoisotopic (exact) mass is 249 g/mol. The number of hydrogen-bond acceptors (Lipinski definition) is 3. The van der Waals surface area contributed by atoms with Crippen LogP contribution in [0.4, 0.5) is 0 Å². The van der Waals surface area contributed by atoms with Gasteiger partial charge in [0.1, 0.15) is 5.75 Å². The fourth-order valence-electron chi connectivity index (χ4n) is 2.32. The predicted octanol–water partition coefficient (Wildman–Crippen LogP) is 2.83. The molecular formula is C15H23NO2. The molecule has 0 amide bonds. The molecule has 1 heterocycles. The van der Waals surface area contributed by atoms with Gasteiger partial charge >= 0.3 is 0 Å². The van der Waals surface area contributed by atoms with Crippen molar-refractivity contribution in [3.05, 3.63) is 29.3 Å². The summed E-state index contributed by atoms with van der Waals surface area (Å²) in [7, 11) is 0. The zero-order valence-electron chi connectivity index (χ0n) is 11.2. The summed E-state index contributed by atoms with van der Waals surface area (Å²) >= 11 is 0. The highest BCUT2D eigenvalue weighted by molar-refractivity contribution is 5.44. The number of fused-ring (bicyclic) bond motifs is 1. The highest BCUT2D eigenvalue weighted by Gasteiger charge is 2.18. The standard InChI is InChI=1S/C15H23NO2/c1-2-9-17-11-8-14(16)13-7-3-5-12-6-4-10-18-15(12)13/h3,5,7,14H,2,4,6,8-11,16H2,1H3. The van der Waals surface area contributed by atoms with Gasteiger partial charge < -0.3 is 15.2 Å². The first kappa shape index (κ1) is 13.4. The lowest BCUT2D eigenvalue weighted by molar-refractivity contribution is 0.127. The Balaban J connectivity index is 1.99. The second-order valence-electron chi connectivity index (χ2n) is 4.80. The minimum atomic E-state index is 0.00917. The average Bonchev–Trinajstić information content (AvgIpc) is 2.43. The topological polar surface area (TPSA) is 44.5 Å². The van der Waals surface area contributed by atoms with Gasteiger partial charge in [-0.05, 0) is 31.2 Å². The number of hydrogen-bond donors (Lipinski definition) is 1. The molecule has 0 saturated heterocycles. The highest BCUT2D eigenvalue weighted by atomic mass is 16.5. The third-order valence-corrected chi connectivity index (χ3v) is 3.29. The summed E-state index contributed by atoms with van der Waals surface area (Å²) in [6.07, 6.45) is 4.10. The molecule has 1 aliphatic rings. The van der Waals surface area contributed by atoms with E-state index in [0.717, 1.165) is 56.8 Å². The number of nitrogens with two attached hydrogens (primary N) is 1. The molecule has 0 saturated carbocycles. The lowest BCUT2D eigenvalue weighted by Crippen LogP contribution is -2.18. The fraction of sp³-hybridized carbons (Fsp3) is 0.600. The van der Waals surface area contributed by atoms with Crippen molar-refractivity contribution in [2.75, 3.05) is 19.8 Å². The minimum absolute atomic E-state index is 0.00917. The Kier molecular flexibility index (Phi) is 5.02. The summed E-state index contributed by atoms with van der Waals surface area (Å²) in [5.74, 6) is 1.02. The number of aryl methyl sites for hydroxylation is 1. The lowest BCUT2D eigenvalue weighted by atomic mass is 9.97. The van der Waals surface area contributed by atoms with Crippen molar-refractivity contribution in [2.45, 2.75) is 38.6 Å². The maximum absolute atomic E-state index is 6.24. The van der Waals surface area contributed by atoms with Crippen molar-refractivity contribution in [2.24, 2.45) is 5.73 Å². The summed E-state index contributed by atoms with van der Waals surface area (Å²) in [5.41, 5.74) is 8.67. The molecule has 0 aromatic heterocycles. The predicted molar refractivity (Wildman–Crippen MR) is 72.9 cm³/mol. The number of benzene rings is 1. The van der Waals surface area contributed by atoms with Gasteiger partial charge in [-0.15, -0.1) is 0 Å². The molecule has 1 aromatic carbocycles. The minimum Gasteiger partial charge on any atom is -0.493 e. The maximum atomic E-state index is 6.24. The summed E-state index contributed by atoms with van der Waals surface area (Å²) in [4.78, 5) is 0. The van der Waals surface area contributed by atoms with Crippen molar-refractivity contribution in [3.8, 4) is 5.75 Å². The molecule has 1 unspecified atom stereocenters. The zero-order chi connectivity index (χ0) is 12.8. The van der Waals surface area contributed by atoms with E-state index in [2.05, 4.69) is 25.1 Å². The van der Waals surface area contributed by atoms with Crippen molar-refractivity contribution >= 4 is 0 Å². The van der Waals surface area contributed by atoms with E-state index in [1.165, 1.54) is 5.56 Å². The summed E-state index contributed by atoms with van der Waals surface area (Å²) in [6, 6.07) is 6.30. The van der Waals surface area contributed by atoms with Crippen LogP contribution in [0.2, 0.25) is 0 Å². The van der Waals surface area contributed by atoms with Crippen LogP contribution in [0.5, 0.6) is 5.75 Å². The Morgan fingerprint density at radius 1 is 1.39 bits per heavy atom. The summed E-state index contributed by atoms with van der Waals surface area (Å²) in [5, 5.41) is 0. The largest absolute Gasteiger partial charge is 0.493 e. The summed E-state index contributed by atoms with van der Waals surface area (Å²) < 4.78 is 11.3. The van der Waals surface area contributed by atoms with Crippen LogP contribution in [0.15, 0.2) is 18.2 Å².